The predicted molar refractivity (Wildman–Crippen MR) is 116 cm³/mol. The molecule has 2 heterocycles. The Labute approximate surface area is 193 Å². The van der Waals surface area contributed by atoms with E-state index in [1.54, 1.807) is 21.3 Å². The molecule has 1 fully saturated rings. The van der Waals surface area contributed by atoms with Crippen molar-refractivity contribution in [2.45, 2.75) is 32.2 Å². The van der Waals surface area contributed by atoms with Crippen LogP contribution in [0.15, 0.2) is 36.5 Å². The van der Waals surface area contributed by atoms with Gasteiger partial charge in [0.1, 0.15) is 0 Å². The molecule has 5 rings (SSSR count). The maximum Gasteiger partial charge on any atom is 0.213 e. The number of pyridine rings is 1. The first-order chi connectivity index (χ1) is 14.7. The number of nitrogens with zero attached hydrogens (tertiary/aromatic N) is 1. The number of halogens is 1. The smallest absolute Gasteiger partial charge is 0.213 e. The summed E-state index contributed by atoms with van der Waals surface area (Å²) >= 11 is 0. The highest BCUT2D eigenvalue weighted by atomic mass is 79.9. The van der Waals surface area contributed by atoms with Gasteiger partial charge < -0.3 is 35.9 Å². The van der Waals surface area contributed by atoms with E-state index < -0.39 is 0 Å². The Hall–Kier alpha value is -2.47. The molecular weight excluding hydrogens is 458 g/mol. The second-order valence-corrected chi connectivity index (χ2v) is 8.17. The lowest BCUT2D eigenvalue weighted by Crippen LogP contribution is -3.00. The zero-order valence-corrected chi connectivity index (χ0v) is 19.8. The molecular formula is C25H28BrNO4. The summed E-state index contributed by atoms with van der Waals surface area (Å²) in [6, 6.07) is 10.6. The molecule has 0 saturated heterocycles. The number of hydrogen-bond donors (Lipinski definition) is 0. The average Bonchev–Trinajstić information content (AvgIpc) is 2.75. The third-order valence-electron chi connectivity index (χ3n) is 6.50. The zero-order valence-electron chi connectivity index (χ0n) is 18.2. The Morgan fingerprint density at radius 3 is 2.35 bits per heavy atom. The van der Waals surface area contributed by atoms with E-state index in [0.29, 0.717) is 5.92 Å². The molecule has 1 aliphatic carbocycles. The van der Waals surface area contributed by atoms with E-state index >= 15 is 0 Å². The Balaban J connectivity index is 0.00000231. The van der Waals surface area contributed by atoms with Crippen molar-refractivity contribution in [3.05, 3.63) is 42.1 Å². The second kappa shape index (κ2) is 8.95. The molecule has 0 atom stereocenters. The highest BCUT2D eigenvalue weighted by Crippen LogP contribution is 2.40. The van der Waals surface area contributed by atoms with E-state index in [9.17, 15) is 0 Å². The molecule has 3 aromatic rings. The van der Waals surface area contributed by atoms with Crippen LogP contribution in [-0.2, 0) is 13.0 Å². The minimum Gasteiger partial charge on any atom is -1.00 e. The first-order valence-corrected chi connectivity index (χ1v) is 10.6. The van der Waals surface area contributed by atoms with Gasteiger partial charge in [0.2, 0.25) is 5.69 Å². The van der Waals surface area contributed by atoms with Crippen molar-refractivity contribution in [1.82, 2.24) is 0 Å². The van der Waals surface area contributed by atoms with E-state index in [1.165, 1.54) is 36.1 Å². The van der Waals surface area contributed by atoms with E-state index in [-0.39, 0.29) is 17.0 Å². The topological polar surface area (TPSA) is 40.8 Å². The first-order valence-electron chi connectivity index (χ1n) is 10.6. The van der Waals surface area contributed by atoms with Gasteiger partial charge in [0.25, 0.3) is 0 Å². The monoisotopic (exact) mass is 485 g/mol. The fourth-order valence-corrected chi connectivity index (χ4v) is 4.50. The van der Waals surface area contributed by atoms with Crippen LogP contribution in [0.25, 0.3) is 22.0 Å². The van der Waals surface area contributed by atoms with Crippen molar-refractivity contribution >= 4 is 10.8 Å². The van der Waals surface area contributed by atoms with Crippen molar-refractivity contribution in [2.24, 2.45) is 5.92 Å². The van der Waals surface area contributed by atoms with E-state index in [4.69, 9.17) is 18.9 Å². The Kier molecular flexibility index (Phi) is 6.28. The lowest BCUT2D eigenvalue weighted by atomic mass is 9.86. The first kappa shape index (κ1) is 21.8. The molecule has 0 unspecified atom stereocenters. The van der Waals surface area contributed by atoms with Gasteiger partial charge in [-0.25, -0.2) is 0 Å². The molecule has 0 amide bonds. The third kappa shape index (κ3) is 3.82. The number of hydrogen-bond acceptors (Lipinski definition) is 4. The number of fused-ring (bicyclic) bond motifs is 4. The Morgan fingerprint density at radius 2 is 1.68 bits per heavy atom. The van der Waals surface area contributed by atoms with Gasteiger partial charge >= 0.3 is 0 Å². The normalized spacial score (nSPS) is 14.7. The van der Waals surface area contributed by atoms with Gasteiger partial charge in [0.05, 0.1) is 38.9 Å². The molecule has 0 radical (unpaired) electrons. The number of benzene rings is 2. The number of ether oxygens (including phenoxy) is 4. The number of rotatable bonds is 6. The molecule has 2 aromatic carbocycles. The average molecular weight is 486 g/mol. The van der Waals surface area contributed by atoms with Crippen LogP contribution in [0.2, 0.25) is 0 Å². The summed E-state index contributed by atoms with van der Waals surface area (Å²) in [5.41, 5.74) is 3.65. The minimum absolute atomic E-state index is 0. The summed E-state index contributed by atoms with van der Waals surface area (Å²) < 4.78 is 25.3. The molecule has 0 bridgehead atoms. The van der Waals surface area contributed by atoms with Crippen LogP contribution >= 0.6 is 0 Å². The largest absolute Gasteiger partial charge is 1.00 e. The van der Waals surface area contributed by atoms with E-state index in [0.717, 1.165) is 53.3 Å². The van der Waals surface area contributed by atoms with Crippen molar-refractivity contribution in [3.8, 4) is 34.3 Å². The van der Waals surface area contributed by atoms with Crippen LogP contribution < -0.4 is 40.5 Å². The van der Waals surface area contributed by atoms with Gasteiger partial charge in [-0.2, -0.15) is 4.57 Å². The summed E-state index contributed by atoms with van der Waals surface area (Å²) in [6.07, 6.45) is 7.00. The number of aryl methyl sites for hydroxylation is 2. The zero-order chi connectivity index (χ0) is 20.7. The van der Waals surface area contributed by atoms with Crippen LogP contribution in [0.4, 0.5) is 0 Å². The fraction of sp³-hybridized carbons (Fsp3) is 0.400. The molecule has 164 valence electrons. The molecule has 2 aliphatic rings. The van der Waals surface area contributed by atoms with Gasteiger partial charge in [0.15, 0.2) is 35.7 Å². The van der Waals surface area contributed by atoms with Crippen molar-refractivity contribution < 1.29 is 40.5 Å². The maximum atomic E-state index is 6.30. The van der Waals surface area contributed by atoms with Gasteiger partial charge in [-0.1, -0.05) is 6.42 Å². The highest BCUT2D eigenvalue weighted by molar-refractivity contribution is 5.91. The molecule has 6 heteroatoms. The van der Waals surface area contributed by atoms with Crippen LogP contribution in [0.3, 0.4) is 0 Å². The van der Waals surface area contributed by atoms with Crippen molar-refractivity contribution in [2.75, 3.05) is 27.9 Å². The van der Waals surface area contributed by atoms with Crippen LogP contribution in [0.5, 0.6) is 23.0 Å². The van der Waals surface area contributed by atoms with E-state index in [2.05, 4.69) is 35.0 Å². The highest BCUT2D eigenvalue weighted by Gasteiger charge is 2.27. The number of methoxy groups -OCH3 is 3. The van der Waals surface area contributed by atoms with Crippen molar-refractivity contribution in [1.29, 1.82) is 0 Å². The summed E-state index contributed by atoms with van der Waals surface area (Å²) in [7, 11) is 5.07. The van der Waals surface area contributed by atoms with Gasteiger partial charge in [-0.15, -0.1) is 0 Å². The van der Waals surface area contributed by atoms with Crippen LogP contribution in [0, 0.1) is 5.92 Å². The quantitative estimate of drug-likeness (QED) is 0.496. The third-order valence-corrected chi connectivity index (χ3v) is 6.50. The molecule has 0 spiro atoms. The summed E-state index contributed by atoms with van der Waals surface area (Å²) in [5, 5.41) is 2.25. The van der Waals surface area contributed by atoms with Crippen molar-refractivity contribution in [3.63, 3.8) is 0 Å². The second-order valence-electron chi connectivity index (χ2n) is 8.17. The maximum absolute atomic E-state index is 6.30. The predicted octanol–water partition coefficient (Wildman–Crippen LogP) is 1.56. The molecule has 1 saturated carbocycles. The summed E-state index contributed by atoms with van der Waals surface area (Å²) in [4.78, 5) is 0. The number of aromatic nitrogens is 1. The molecule has 0 N–H and O–H groups in total. The standard InChI is InChI=1S/C25H28NO4.BrH/c1-27-22-8-7-17-11-21-19-13-24(29-3)23(28-2)12-18(19)9-10-26(21)14-20(17)25(22)30-15-16-5-4-6-16;/h7-8,11-14,16H,4-6,9-10,15H2,1-3H3;1H/q+1;/p-1. The van der Waals surface area contributed by atoms with Crippen LogP contribution in [-0.4, -0.2) is 27.9 Å². The van der Waals surface area contributed by atoms with Gasteiger partial charge in [-0.05, 0) is 54.0 Å². The van der Waals surface area contributed by atoms with Crippen LogP contribution in [0.1, 0.15) is 24.8 Å². The molecule has 5 nitrogen and oxygen atoms in total. The lowest BCUT2D eigenvalue weighted by Gasteiger charge is -2.26. The Bertz CT molecular complexity index is 1110. The van der Waals surface area contributed by atoms with Gasteiger partial charge in [0, 0.05) is 12.5 Å². The molecule has 31 heavy (non-hydrogen) atoms. The molecule has 1 aliphatic heterocycles. The SMILES string of the molecule is COc1cc2c(cc1OC)-c1cc3ccc(OC)c(OCC4CCC4)c3c[n+]1CC2.[Br-]. The van der Waals surface area contributed by atoms with Gasteiger partial charge in [-0.3, -0.25) is 0 Å². The van der Waals surface area contributed by atoms with E-state index in [1.807, 2.05) is 6.07 Å². The Morgan fingerprint density at radius 1 is 0.935 bits per heavy atom. The summed E-state index contributed by atoms with van der Waals surface area (Å²) in [5.74, 6) is 3.86. The lowest BCUT2D eigenvalue weighted by molar-refractivity contribution is -0.686. The minimum atomic E-state index is 0. The fourth-order valence-electron chi connectivity index (χ4n) is 4.50. The summed E-state index contributed by atoms with van der Waals surface area (Å²) in [6.45, 7) is 1.67. The molecule has 1 aromatic heterocycles.